The molecule has 3 heteroatoms. The monoisotopic (exact) mass is 159 g/mol. The molecule has 0 unspecified atom stereocenters. The number of nitrogens with zero attached hydrogens (tertiary/aromatic N) is 1. The van der Waals surface area contributed by atoms with Crippen molar-refractivity contribution in [1.82, 2.24) is 4.90 Å². The second-order valence-corrected chi connectivity index (χ2v) is 1.34. The first-order chi connectivity index (χ1) is 1.73. The number of rotatable bonds is 0. The zero-order valence-electron chi connectivity index (χ0n) is 4.45. The summed E-state index contributed by atoms with van der Waals surface area (Å²) in [5.41, 5.74) is 0. The van der Waals surface area contributed by atoms with Crippen LogP contribution in [-0.2, 0) is 0 Å². The van der Waals surface area contributed by atoms with Crippen molar-refractivity contribution in [3.63, 3.8) is 0 Å². The Hall–Kier alpha value is 0.439. The molecule has 0 bridgehead atoms. The van der Waals surface area contributed by atoms with Crippen LogP contribution in [0.2, 0.25) is 0 Å². The van der Waals surface area contributed by atoms with Gasteiger partial charge in [0.05, 0.1) is 0 Å². The molecule has 0 radical (unpaired) electrons. The molecule has 0 aliphatic rings. The standard InChI is InChI=1S/C3H9N.H2O.H2Se/c1-4(2)3;;/h1-3H3;2*1H2. The van der Waals surface area contributed by atoms with Crippen molar-refractivity contribution in [2.45, 2.75) is 0 Å². The molecule has 0 aromatic carbocycles. The summed E-state index contributed by atoms with van der Waals surface area (Å²) in [5.74, 6) is 0. The van der Waals surface area contributed by atoms with E-state index >= 15 is 0 Å². The van der Waals surface area contributed by atoms with Crippen molar-refractivity contribution in [2.24, 2.45) is 0 Å². The van der Waals surface area contributed by atoms with Gasteiger partial charge in [-0.05, 0) is 21.1 Å². The predicted octanol–water partition coefficient (Wildman–Crippen LogP) is -1.56. The minimum absolute atomic E-state index is 0. The molecule has 0 saturated carbocycles. The second kappa shape index (κ2) is 9.06. The maximum absolute atomic E-state index is 2.00. The van der Waals surface area contributed by atoms with Gasteiger partial charge >= 0.3 is 17.1 Å². The molecule has 0 aliphatic carbocycles. The number of hydrogen-bond acceptors (Lipinski definition) is 1. The summed E-state index contributed by atoms with van der Waals surface area (Å²) in [7, 11) is 6.00. The topological polar surface area (TPSA) is 34.7 Å². The van der Waals surface area contributed by atoms with Crippen molar-refractivity contribution in [3.8, 4) is 0 Å². The van der Waals surface area contributed by atoms with E-state index in [0.29, 0.717) is 0 Å². The van der Waals surface area contributed by atoms with Gasteiger partial charge in [0.25, 0.3) is 0 Å². The van der Waals surface area contributed by atoms with Gasteiger partial charge < -0.3 is 10.4 Å². The van der Waals surface area contributed by atoms with E-state index in [0.717, 1.165) is 0 Å². The summed E-state index contributed by atoms with van der Waals surface area (Å²) in [6.45, 7) is 0. The molecule has 0 fully saturated rings. The first kappa shape index (κ1) is 16.1. The van der Waals surface area contributed by atoms with Gasteiger partial charge in [-0.1, -0.05) is 0 Å². The molecule has 0 aliphatic heterocycles. The van der Waals surface area contributed by atoms with Crippen LogP contribution in [0, 0.1) is 0 Å². The van der Waals surface area contributed by atoms with Crippen LogP contribution in [0.3, 0.4) is 0 Å². The first-order valence-electron chi connectivity index (χ1n) is 1.34. The average Bonchev–Trinajstić information content (AvgIpc) is 0.811. The molecule has 0 aromatic heterocycles. The van der Waals surface area contributed by atoms with Crippen LogP contribution < -0.4 is 0 Å². The van der Waals surface area contributed by atoms with Gasteiger partial charge in [-0.25, -0.2) is 0 Å². The van der Waals surface area contributed by atoms with Crippen LogP contribution in [0.25, 0.3) is 0 Å². The maximum atomic E-state index is 2.00. The van der Waals surface area contributed by atoms with E-state index in [2.05, 4.69) is 0 Å². The molecule has 0 rings (SSSR count). The van der Waals surface area contributed by atoms with Crippen LogP contribution in [-0.4, -0.2) is 48.6 Å². The van der Waals surface area contributed by atoms with Gasteiger partial charge in [-0.2, -0.15) is 0 Å². The molecule has 6 heavy (non-hydrogen) atoms. The Bertz CT molecular complexity index is 15.5. The van der Waals surface area contributed by atoms with E-state index in [1.807, 2.05) is 26.0 Å². The summed E-state index contributed by atoms with van der Waals surface area (Å²) < 4.78 is 0. The van der Waals surface area contributed by atoms with Gasteiger partial charge in [0.15, 0.2) is 0 Å². The van der Waals surface area contributed by atoms with Crippen LogP contribution >= 0.6 is 0 Å². The molecule has 2 N–H and O–H groups in total. The van der Waals surface area contributed by atoms with E-state index in [1.54, 1.807) is 0 Å². The summed E-state index contributed by atoms with van der Waals surface area (Å²) in [6.07, 6.45) is 0. The van der Waals surface area contributed by atoms with E-state index < -0.39 is 0 Å². The van der Waals surface area contributed by atoms with Crippen LogP contribution in [0.15, 0.2) is 0 Å². The minimum atomic E-state index is 0. The summed E-state index contributed by atoms with van der Waals surface area (Å²) in [4.78, 5) is 2.00. The second-order valence-electron chi connectivity index (χ2n) is 1.34. The Labute approximate surface area is 49.3 Å². The SMILES string of the molecule is CN(C)C.O.[SeH2]. The molecule has 0 heterocycles. The third kappa shape index (κ3) is 272. The normalized spacial score (nSPS) is 6.00. The Morgan fingerprint density at radius 1 is 1.00 bits per heavy atom. The molecule has 2 nitrogen and oxygen atoms in total. The fraction of sp³-hybridized carbons (Fsp3) is 1.00. The van der Waals surface area contributed by atoms with E-state index in [4.69, 9.17) is 0 Å². The molecule has 0 atom stereocenters. The molecule has 42 valence electrons. The van der Waals surface area contributed by atoms with Gasteiger partial charge in [0.2, 0.25) is 0 Å². The van der Waals surface area contributed by atoms with Crippen LogP contribution in [0.4, 0.5) is 0 Å². The van der Waals surface area contributed by atoms with Crippen LogP contribution in [0.1, 0.15) is 0 Å². The third-order valence-corrected chi connectivity index (χ3v) is 0. The number of hydrogen-bond donors (Lipinski definition) is 0. The van der Waals surface area contributed by atoms with Gasteiger partial charge in [-0.3, -0.25) is 0 Å². The zero-order valence-corrected chi connectivity index (χ0v) is 6.55. The molecular weight excluding hydrogens is 145 g/mol. The first-order valence-corrected chi connectivity index (χ1v) is 1.34. The zero-order chi connectivity index (χ0) is 3.58. The molecule has 0 amide bonds. The Balaban J connectivity index is -0.0000000450. The average molecular weight is 158 g/mol. The fourth-order valence-corrected chi connectivity index (χ4v) is 0. The summed E-state index contributed by atoms with van der Waals surface area (Å²) >= 11 is 0. The van der Waals surface area contributed by atoms with Crippen molar-refractivity contribution in [1.29, 1.82) is 0 Å². The molecule has 0 saturated heterocycles. The van der Waals surface area contributed by atoms with E-state index in [1.165, 1.54) is 0 Å². The Morgan fingerprint density at radius 3 is 1.00 bits per heavy atom. The molecular formula is C3H13NOSe. The Morgan fingerprint density at radius 2 is 1.00 bits per heavy atom. The van der Waals surface area contributed by atoms with Crippen molar-refractivity contribution in [2.75, 3.05) is 21.1 Å². The summed E-state index contributed by atoms with van der Waals surface area (Å²) in [5, 5.41) is 0. The predicted molar refractivity (Wildman–Crippen MR) is 31.8 cm³/mol. The fourth-order valence-electron chi connectivity index (χ4n) is 0. The summed E-state index contributed by atoms with van der Waals surface area (Å²) in [6, 6.07) is 0. The Kier molecular flexibility index (Phi) is 24.3. The van der Waals surface area contributed by atoms with E-state index in [-0.39, 0.29) is 22.5 Å². The molecule has 0 spiro atoms. The third-order valence-electron chi connectivity index (χ3n) is 0. The van der Waals surface area contributed by atoms with Crippen molar-refractivity contribution >= 4 is 17.1 Å². The van der Waals surface area contributed by atoms with Crippen LogP contribution in [0.5, 0.6) is 0 Å². The van der Waals surface area contributed by atoms with Gasteiger partial charge in [0, 0.05) is 0 Å². The van der Waals surface area contributed by atoms with Gasteiger partial charge in [-0.15, -0.1) is 0 Å². The van der Waals surface area contributed by atoms with Crippen molar-refractivity contribution in [3.05, 3.63) is 0 Å². The van der Waals surface area contributed by atoms with Crippen molar-refractivity contribution < 1.29 is 5.48 Å². The molecule has 0 aromatic rings. The van der Waals surface area contributed by atoms with E-state index in [9.17, 15) is 0 Å². The van der Waals surface area contributed by atoms with Gasteiger partial charge in [0.1, 0.15) is 0 Å². The quantitative estimate of drug-likeness (QED) is 0.392.